The average molecular weight is 349 g/mol. The lowest BCUT2D eigenvalue weighted by atomic mass is 10.2. The van der Waals surface area contributed by atoms with Gasteiger partial charge in [0.05, 0.1) is 24.3 Å². The predicted molar refractivity (Wildman–Crippen MR) is 93.9 cm³/mol. The number of nitrogens with two attached hydrogens (primary N) is 1. The van der Waals surface area contributed by atoms with Gasteiger partial charge in [0.1, 0.15) is 5.69 Å². The summed E-state index contributed by atoms with van der Waals surface area (Å²) < 4.78 is 5.49. The first-order valence-corrected chi connectivity index (χ1v) is 8.67. The fourth-order valence-electron chi connectivity index (χ4n) is 2.18. The van der Waals surface area contributed by atoms with E-state index in [4.69, 9.17) is 10.5 Å². The standard InChI is InChI=1S/C17H23N3O3S/c1-20(17(22)15-12-24-16(19-15)7-8-18)9-14(21)11-23-10-13-5-3-2-4-6-13/h2-6,12,14,21H,7-11,18H2,1H3. The van der Waals surface area contributed by atoms with Crippen molar-refractivity contribution in [3.63, 3.8) is 0 Å². The minimum Gasteiger partial charge on any atom is -0.389 e. The smallest absolute Gasteiger partial charge is 0.273 e. The Labute approximate surface area is 145 Å². The van der Waals surface area contributed by atoms with Crippen molar-refractivity contribution in [1.82, 2.24) is 9.88 Å². The molecule has 6 nitrogen and oxygen atoms in total. The van der Waals surface area contributed by atoms with E-state index >= 15 is 0 Å². The van der Waals surface area contributed by atoms with Gasteiger partial charge in [-0.2, -0.15) is 0 Å². The van der Waals surface area contributed by atoms with Crippen molar-refractivity contribution in [1.29, 1.82) is 0 Å². The number of aromatic nitrogens is 1. The van der Waals surface area contributed by atoms with Crippen molar-refractivity contribution < 1.29 is 14.6 Å². The molecule has 24 heavy (non-hydrogen) atoms. The number of ether oxygens (including phenoxy) is 1. The van der Waals surface area contributed by atoms with Crippen LogP contribution in [0.2, 0.25) is 0 Å². The van der Waals surface area contributed by atoms with Gasteiger partial charge in [-0.3, -0.25) is 4.79 Å². The molecule has 7 heteroatoms. The second kappa shape index (κ2) is 9.48. The van der Waals surface area contributed by atoms with Crippen LogP contribution in [-0.4, -0.2) is 53.7 Å². The molecular formula is C17H23N3O3S. The fraction of sp³-hybridized carbons (Fsp3) is 0.412. The van der Waals surface area contributed by atoms with E-state index in [9.17, 15) is 9.90 Å². The number of thiazole rings is 1. The highest BCUT2D eigenvalue weighted by Gasteiger charge is 2.18. The minimum atomic E-state index is -0.746. The number of rotatable bonds is 9. The summed E-state index contributed by atoms with van der Waals surface area (Å²) >= 11 is 1.42. The Kier molecular flexibility index (Phi) is 7.33. The molecule has 1 amide bonds. The molecule has 3 N–H and O–H groups in total. The van der Waals surface area contributed by atoms with Gasteiger partial charge in [-0.1, -0.05) is 30.3 Å². The van der Waals surface area contributed by atoms with Crippen molar-refractivity contribution >= 4 is 17.2 Å². The lowest BCUT2D eigenvalue weighted by Gasteiger charge is -2.20. The lowest BCUT2D eigenvalue weighted by molar-refractivity contribution is 0.0136. The van der Waals surface area contributed by atoms with E-state index in [0.717, 1.165) is 10.6 Å². The second-order valence-electron chi connectivity index (χ2n) is 5.51. The van der Waals surface area contributed by atoms with Gasteiger partial charge in [0.25, 0.3) is 5.91 Å². The lowest BCUT2D eigenvalue weighted by Crippen LogP contribution is -2.36. The third-order valence-electron chi connectivity index (χ3n) is 3.38. The second-order valence-corrected chi connectivity index (χ2v) is 6.45. The van der Waals surface area contributed by atoms with Crippen LogP contribution in [0.3, 0.4) is 0 Å². The van der Waals surface area contributed by atoms with E-state index in [1.807, 2.05) is 30.3 Å². The van der Waals surface area contributed by atoms with E-state index in [-0.39, 0.29) is 19.1 Å². The summed E-state index contributed by atoms with van der Waals surface area (Å²) in [7, 11) is 1.64. The molecule has 130 valence electrons. The van der Waals surface area contributed by atoms with Crippen LogP contribution in [-0.2, 0) is 17.8 Å². The third kappa shape index (κ3) is 5.68. The highest BCUT2D eigenvalue weighted by molar-refractivity contribution is 7.09. The number of hydrogen-bond donors (Lipinski definition) is 2. The first-order chi connectivity index (χ1) is 11.6. The van der Waals surface area contributed by atoms with E-state index in [2.05, 4.69) is 4.98 Å². The monoisotopic (exact) mass is 349 g/mol. The molecule has 0 saturated carbocycles. The number of hydrogen-bond acceptors (Lipinski definition) is 6. The zero-order valence-electron chi connectivity index (χ0n) is 13.7. The van der Waals surface area contributed by atoms with Gasteiger partial charge in [-0.05, 0) is 12.1 Å². The SMILES string of the molecule is CN(CC(O)COCc1ccccc1)C(=O)c1csc(CCN)n1. The topological polar surface area (TPSA) is 88.7 Å². The largest absolute Gasteiger partial charge is 0.389 e. The summed E-state index contributed by atoms with van der Waals surface area (Å²) in [5, 5.41) is 12.6. The Balaban J connectivity index is 1.75. The molecule has 0 spiro atoms. The van der Waals surface area contributed by atoms with Gasteiger partial charge in [0.15, 0.2) is 0 Å². The summed E-state index contributed by atoms with van der Waals surface area (Å²) in [6, 6.07) is 9.74. The number of aliphatic hydroxyl groups excluding tert-OH is 1. The van der Waals surface area contributed by atoms with Gasteiger partial charge < -0.3 is 20.5 Å². The Morgan fingerprint density at radius 1 is 1.42 bits per heavy atom. The molecule has 1 aromatic heterocycles. The first kappa shape index (κ1) is 18.5. The molecule has 0 bridgehead atoms. The number of nitrogens with zero attached hydrogens (tertiary/aromatic N) is 2. The summed E-state index contributed by atoms with van der Waals surface area (Å²) in [4.78, 5) is 18.0. The van der Waals surface area contributed by atoms with Crippen LogP contribution in [0.25, 0.3) is 0 Å². The maximum atomic E-state index is 12.3. The van der Waals surface area contributed by atoms with Crippen LogP contribution in [0.15, 0.2) is 35.7 Å². The van der Waals surface area contributed by atoms with Gasteiger partial charge in [0, 0.05) is 25.4 Å². The van der Waals surface area contributed by atoms with Gasteiger partial charge >= 0.3 is 0 Å². The van der Waals surface area contributed by atoms with Crippen molar-refractivity contribution in [3.05, 3.63) is 52.0 Å². The van der Waals surface area contributed by atoms with Crippen LogP contribution in [0, 0.1) is 0 Å². The molecule has 0 aliphatic carbocycles. The molecule has 2 aromatic rings. The minimum absolute atomic E-state index is 0.169. The number of amides is 1. The highest BCUT2D eigenvalue weighted by atomic mass is 32.1. The van der Waals surface area contributed by atoms with Crippen LogP contribution < -0.4 is 5.73 Å². The van der Waals surface area contributed by atoms with Crippen LogP contribution in [0.4, 0.5) is 0 Å². The normalized spacial score (nSPS) is 12.1. The third-order valence-corrected chi connectivity index (χ3v) is 4.29. The van der Waals surface area contributed by atoms with Gasteiger partial charge in [-0.25, -0.2) is 4.98 Å². The van der Waals surface area contributed by atoms with E-state index in [1.165, 1.54) is 16.2 Å². The van der Waals surface area contributed by atoms with Crippen molar-refractivity contribution in [2.24, 2.45) is 5.73 Å². The van der Waals surface area contributed by atoms with E-state index in [1.54, 1.807) is 12.4 Å². The van der Waals surface area contributed by atoms with Crippen LogP contribution >= 0.6 is 11.3 Å². The van der Waals surface area contributed by atoms with Gasteiger partial charge in [-0.15, -0.1) is 11.3 Å². The quantitative estimate of drug-likeness (QED) is 0.712. The summed E-state index contributed by atoms with van der Waals surface area (Å²) in [6.45, 7) is 1.30. The Morgan fingerprint density at radius 3 is 2.88 bits per heavy atom. The molecule has 1 unspecified atom stereocenters. The predicted octanol–water partition coefficient (Wildman–Crippen LogP) is 1.29. The molecule has 1 heterocycles. The Hall–Kier alpha value is -1.80. The molecule has 2 rings (SSSR count). The van der Waals surface area contributed by atoms with Gasteiger partial charge in [0.2, 0.25) is 0 Å². The number of benzene rings is 1. The molecule has 0 aliphatic heterocycles. The molecule has 0 radical (unpaired) electrons. The summed E-state index contributed by atoms with van der Waals surface area (Å²) in [5.74, 6) is -0.211. The first-order valence-electron chi connectivity index (χ1n) is 7.79. The molecule has 0 fully saturated rings. The zero-order chi connectivity index (χ0) is 17.4. The fourth-order valence-corrected chi connectivity index (χ4v) is 2.97. The molecule has 0 aliphatic rings. The zero-order valence-corrected chi connectivity index (χ0v) is 14.5. The maximum Gasteiger partial charge on any atom is 0.273 e. The Morgan fingerprint density at radius 2 is 2.17 bits per heavy atom. The number of carbonyl (C=O) groups excluding carboxylic acids is 1. The summed E-state index contributed by atoms with van der Waals surface area (Å²) in [6.07, 6.45) is -0.0812. The van der Waals surface area contributed by atoms with Crippen molar-refractivity contribution in [2.75, 3.05) is 26.7 Å². The summed E-state index contributed by atoms with van der Waals surface area (Å²) in [5.41, 5.74) is 6.92. The highest BCUT2D eigenvalue weighted by Crippen LogP contribution is 2.12. The van der Waals surface area contributed by atoms with Crippen LogP contribution in [0.1, 0.15) is 21.1 Å². The number of carbonyl (C=O) groups is 1. The van der Waals surface area contributed by atoms with Crippen LogP contribution in [0.5, 0.6) is 0 Å². The molecule has 1 aromatic carbocycles. The van der Waals surface area contributed by atoms with Crippen molar-refractivity contribution in [2.45, 2.75) is 19.1 Å². The molecular weight excluding hydrogens is 326 g/mol. The molecule has 1 atom stereocenters. The maximum absolute atomic E-state index is 12.3. The number of likely N-dealkylation sites (N-methyl/N-ethyl adjacent to an activating group) is 1. The Bertz CT molecular complexity index is 633. The van der Waals surface area contributed by atoms with Crippen molar-refractivity contribution in [3.8, 4) is 0 Å². The average Bonchev–Trinajstić information content (AvgIpc) is 3.04. The van der Waals surface area contributed by atoms with E-state index < -0.39 is 6.10 Å². The van der Waals surface area contributed by atoms with E-state index in [0.29, 0.717) is 25.3 Å². The number of aliphatic hydroxyl groups is 1. The molecule has 0 saturated heterocycles.